The zero-order chi connectivity index (χ0) is 18.0. The first kappa shape index (κ1) is 17.9. The second kappa shape index (κ2) is 7.16. The fourth-order valence-electron chi connectivity index (χ4n) is 3.54. The third-order valence-electron chi connectivity index (χ3n) is 5.12. The second-order valence-corrected chi connectivity index (χ2v) is 7.92. The van der Waals surface area contributed by atoms with E-state index in [0.29, 0.717) is 38.4 Å². The highest BCUT2D eigenvalue weighted by atomic mass is 16.5. The maximum Gasteiger partial charge on any atom is 0.254 e. The quantitative estimate of drug-likeness (QED) is 0.828. The minimum absolute atomic E-state index is 0.0374. The monoisotopic (exact) mass is 344 g/mol. The van der Waals surface area contributed by atoms with Crippen LogP contribution in [0.5, 0.6) is 0 Å². The molecule has 2 aliphatic heterocycles. The van der Waals surface area contributed by atoms with E-state index in [1.54, 1.807) is 4.90 Å². The number of rotatable bonds is 2. The molecule has 2 aliphatic rings. The average molecular weight is 344 g/mol. The molecule has 0 radical (unpaired) electrons. The van der Waals surface area contributed by atoms with Gasteiger partial charge in [-0.1, -0.05) is 32.9 Å². The van der Waals surface area contributed by atoms with E-state index < -0.39 is 0 Å². The SMILES string of the molecule is CC(C)(C)c1ccc(C(=O)N2CCC[C@H]2C(=O)N2CCOCC2)cc1. The molecular weight excluding hydrogens is 316 g/mol. The predicted octanol–water partition coefficient (Wildman–Crippen LogP) is 2.45. The largest absolute Gasteiger partial charge is 0.378 e. The standard InChI is InChI=1S/C20H28N2O3/c1-20(2,3)16-8-6-15(7-9-16)18(23)22-10-4-5-17(22)19(24)21-11-13-25-14-12-21/h6-9,17H,4-5,10-14H2,1-3H3/t17-/m0/s1. The maximum atomic E-state index is 12.9. The topological polar surface area (TPSA) is 49.9 Å². The summed E-state index contributed by atoms with van der Waals surface area (Å²) in [5, 5.41) is 0. The zero-order valence-corrected chi connectivity index (χ0v) is 15.5. The number of nitrogens with zero attached hydrogens (tertiary/aromatic N) is 2. The van der Waals surface area contributed by atoms with E-state index >= 15 is 0 Å². The normalized spacial score (nSPS) is 21.5. The predicted molar refractivity (Wildman–Crippen MR) is 96.6 cm³/mol. The van der Waals surface area contributed by atoms with Crippen LogP contribution in [-0.2, 0) is 14.9 Å². The Morgan fingerprint density at radius 2 is 1.68 bits per heavy atom. The van der Waals surface area contributed by atoms with Crippen LogP contribution in [0.4, 0.5) is 0 Å². The molecule has 0 saturated carbocycles. The van der Waals surface area contributed by atoms with E-state index in [1.165, 1.54) is 5.56 Å². The minimum atomic E-state index is -0.326. The van der Waals surface area contributed by atoms with E-state index in [9.17, 15) is 9.59 Å². The molecule has 1 aromatic rings. The number of likely N-dealkylation sites (tertiary alicyclic amines) is 1. The first-order chi connectivity index (χ1) is 11.9. The molecule has 136 valence electrons. The van der Waals surface area contributed by atoms with E-state index in [1.807, 2.05) is 29.2 Å². The third kappa shape index (κ3) is 3.87. The molecule has 0 aromatic heterocycles. The summed E-state index contributed by atoms with van der Waals surface area (Å²) in [6, 6.07) is 7.48. The molecule has 5 nitrogen and oxygen atoms in total. The van der Waals surface area contributed by atoms with Gasteiger partial charge >= 0.3 is 0 Å². The van der Waals surface area contributed by atoms with Crippen molar-refractivity contribution in [3.8, 4) is 0 Å². The van der Waals surface area contributed by atoms with Gasteiger partial charge in [0.1, 0.15) is 6.04 Å². The molecule has 25 heavy (non-hydrogen) atoms. The average Bonchev–Trinajstić information content (AvgIpc) is 3.10. The van der Waals surface area contributed by atoms with Gasteiger partial charge in [-0.05, 0) is 36.0 Å². The van der Waals surface area contributed by atoms with Crippen molar-refractivity contribution >= 4 is 11.8 Å². The van der Waals surface area contributed by atoms with Crippen molar-refractivity contribution < 1.29 is 14.3 Å². The van der Waals surface area contributed by atoms with Gasteiger partial charge in [-0.2, -0.15) is 0 Å². The van der Waals surface area contributed by atoms with Gasteiger partial charge in [0.05, 0.1) is 13.2 Å². The Morgan fingerprint density at radius 1 is 1.04 bits per heavy atom. The van der Waals surface area contributed by atoms with E-state index in [4.69, 9.17) is 4.74 Å². The fourth-order valence-corrected chi connectivity index (χ4v) is 3.54. The maximum absolute atomic E-state index is 12.9. The lowest BCUT2D eigenvalue weighted by atomic mass is 9.86. The van der Waals surface area contributed by atoms with Gasteiger partial charge in [0, 0.05) is 25.2 Å². The van der Waals surface area contributed by atoms with Crippen LogP contribution in [0.3, 0.4) is 0 Å². The Kier molecular flexibility index (Phi) is 5.13. The van der Waals surface area contributed by atoms with Crippen molar-refractivity contribution in [3.63, 3.8) is 0 Å². The Bertz CT molecular complexity index is 627. The van der Waals surface area contributed by atoms with Gasteiger partial charge in [-0.3, -0.25) is 9.59 Å². The van der Waals surface area contributed by atoms with Crippen LogP contribution in [0.25, 0.3) is 0 Å². The second-order valence-electron chi connectivity index (χ2n) is 7.92. The Morgan fingerprint density at radius 3 is 2.28 bits per heavy atom. The van der Waals surface area contributed by atoms with Crippen molar-refractivity contribution in [2.75, 3.05) is 32.8 Å². The Balaban J connectivity index is 1.73. The summed E-state index contributed by atoms with van der Waals surface area (Å²) in [4.78, 5) is 29.3. The van der Waals surface area contributed by atoms with Crippen LogP contribution in [-0.4, -0.2) is 60.5 Å². The first-order valence-corrected chi connectivity index (χ1v) is 9.16. The number of morpholine rings is 1. The number of benzene rings is 1. The number of amides is 2. The van der Waals surface area contributed by atoms with Crippen molar-refractivity contribution in [1.29, 1.82) is 0 Å². The van der Waals surface area contributed by atoms with Gasteiger partial charge in [0.25, 0.3) is 5.91 Å². The molecule has 0 aliphatic carbocycles. The zero-order valence-electron chi connectivity index (χ0n) is 15.5. The highest BCUT2D eigenvalue weighted by Crippen LogP contribution is 2.25. The number of carbonyl (C=O) groups is 2. The summed E-state index contributed by atoms with van der Waals surface area (Å²) in [6.07, 6.45) is 1.63. The number of hydrogen-bond acceptors (Lipinski definition) is 3. The Hall–Kier alpha value is -1.88. The lowest BCUT2D eigenvalue weighted by Crippen LogP contribution is -2.51. The molecule has 2 saturated heterocycles. The molecule has 2 heterocycles. The van der Waals surface area contributed by atoms with Gasteiger partial charge in [-0.25, -0.2) is 0 Å². The molecule has 2 amide bonds. The molecule has 0 bridgehead atoms. The Labute approximate surface area is 149 Å². The van der Waals surface area contributed by atoms with Crippen LogP contribution in [0, 0.1) is 0 Å². The summed E-state index contributed by atoms with van der Waals surface area (Å²) in [6.45, 7) is 9.53. The molecule has 2 fully saturated rings. The van der Waals surface area contributed by atoms with E-state index in [0.717, 1.165) is 12.8 Å². The molecule has 0 spiro atoms. The highest BCUT2D eigenvalue weighted by Gasteiger charge is 2.37. The summed E-state index contributed by atoms with van der Waals surface area (Å²) >= 11 is 0. The molecule has 3 rings (SSSR count). The van der Waals surface area contributed by atoms with E-state index in [-0.39, 0.29) is 23.3 Å². The summed E-state index contributed by atoms with van der Waals surface area (Å²) in [7, 11) is 0. The third-order valence-corrected chi connectivity index (χ3v) is 5.12. The van der Waals surface area contributed by atoms with E-state index in [2.05, 4.69) is 20.8 Å². The van der Waals surface area contributed by atoms with Crippen molar-refractivity contribution in [2.24, 2.45) is 0 Å². The fraction of sp³-hybridized carbons (Fsp3) is 0.600. The summed E-state index contributed by atoms with van der Waals surface area (Å²) in [5.74, 6) is 0.0324. The number of carbonyl (C=O) groups excluding carboxylic acids is 2. The summed E-state index contributed by atoms with van der Waals surface area (Å²) in [5.41, 5.74) is 1.92. The van der Waals surface area contributed by atoms with Crippen molar-refractivity contribution in [2.45, 2.75) is 45.1 Å². The van der Waals surface area contributed by atoms with Gasteiger partial charge in [-0.15, -0.1) is 0 Å². The van der Waals surface area contributed by atoms with Gasteiger partial charge in [0.15, 0.2) is 0 Å². The molecule has 0 N–H and O–H groups in total. The summed E-state index contributed by atoms with van der Waals surface area (Å²) < 4.78 is 5.32. The van der Waals surface area contributed by atoms with Crippen molar-refractivity contribution in [1.82, 2.24) is 9.80 Å². The smallest absolute Gasteiger partial charge is 0.254 e. The van der Waals surface area contributed by atoms with Gasteiger partial charge in [0.2, 0.25) is 5.91 Å². The molecule has 5 heteroatoms. The molecular formula is C20H28N2O3. The molecule has 1 aromatic carbocycles. The lowest BCUT2D eigenvalue weighted by Gasteiger charge is -2.32. The first-order valence-electron chi connectivity index (χ1n) is 9.16. The van der Waals surface area contributed by atoms with Gasteiger partial charge < -0.3 is 14.5 Å². The highest BCUT2D eigenvalue weighted by molar-refractivity contribution is 5.98. The molecule has 1 atom stereocenters. The van der Waals surface area contributed by atoms with Crippen LogP contribution in [0.15, 0.2) is 24.3 Å². The van der Waals surface area contributed by atoms with Crippen LogP contribution >= 0.6 is 0 Å². The number of ether oxygens (including phenoxy) is 1. The van der Waals surface area contributed by atoms with Crippen LogP contribution in [0.1, 0.15) is 49.5 Å². The lowest BCUT2D eigenvalue weighted by molar-refractivity contribution is -0.139. The number of hydrogen-bond donors (Lipinski definition) is 0. The minimum Gasteiger partial charge on any atom is -0.378 e. The molecule has 0 unspecified atom stereocenters. The van der Waals surface area contributed by atoms with Crippen LogP contribution < -0.4 is 0 Å². The van der Waals surface area contributed by atoms with Crippen LogP contribution in [0.2, 0.25) is 0 Å². The van der Waals surface area contributed by atoms with Crippen molar-refractivity contribution in [3.05, 3.63) is 35.4 Å².